The standard InChI is InChI=1S/C26H27ClN2O/c1-3-19(2)20-13-15-21(16-14-20)30-18-8-17-29-25-12-7-6-11-24(25)28-26(29)22-9-4-5-10-23(22)27/h4-7,9-16,19H,3,8,17-18H2,1-2H3. The summed E-state index contributed by atoms with van der Waals surface area (Å²) in [4.78, 5) is 4.85. The molecule has 1 unspecified atom stereocenters. The lowest BCUT2D eigenvalue weighted by atomic mass is 9.99. The molecular formula is C26H27ClN2O. The van der Waals surface area contributed by atoms with Crippen LogP contribution >= 0.6 is 11.6 Å². The van der Waals surface area contributed by atoms with Crippen LogP contribution in [0.1, 0.15) is 38.2 Å². The van der Waals surface area contributed by atoms with E-state index in [4.69, 9.17) is 21.3 Å². The molecule has 1 atom stereocenters. The number of aryl methyl sites for hydroxylation is 1. The summed E-state index contributed by atoms with van der Waals surface area (Å²) >= 11 is 6.47. The van der Waals surface area contributed by atoms with Gasteiger partial charge in [-0.05, 0) is 60.7 Å². The first-order valence-electron chi connectivity index (χ1n) is 10.6. The monoisotopic (exact) mass is 418 g/mol. The summed E-state index contributed by atoms with van der Waals surface area (Å²) in [6.07, 6.45) is 2.03. The van der Waals surface area contributed by atoms with E-state index in [2.05, 4.69) is 48.7 Å². The van der Waals surface area contributed by atoms with Gasteiger partial charge in [-0.1, -0.05) is 61.8 Å². The molecule has 0 amide bonds. The Morgan fingerprint density at radius 3 is 2.47 bits per heavy atom. The predicted octanol–water partition coefficient (Wildman–Crippen LogP) is 7.34. The molecule has 0 aliphatic rings. The number of para-hydroxylation sites is 2. The molecule has 0 spiro atoms. The van der Waals surface area contributed by atoms with Crippen molar-refractivity contribution in [3.05, 3.63) is 83.4 Å². The van der Waals surface area contributed by atoms with Crippen LogP contribution in [0.15, 0.2) is 72.8 Å². The number of hydrogen-bond acceptors (Lipinski definition) is 2. The third kappa shape index (κ3) is 4.36. The highest BCUT2D eigenvalue weighted by Gasteiger charge is 2.14. The van der Waals surface area contributed by atoms with E-state index in [9.17, 15) is 0 Å². The zero-order chi connectivity index (χ0) is 20.9. The zero-order valence-corrected chi connectivity index (χ0v) is 18.3. The highest BCUT2D eigenvalue weighted by molar-refractivity contribution is 6.33. The quantitative estimate of drug-likeness (QED) is 0.280. The van der Waals surface area contributed by atoms with Crippen LogP contribution in [-0.2, 0) is 6.54 Å². The number of ether oxygens (including phenoxy) is 1. The number of rotatable bonds is 8. The van der Waals surface area contributed by atoms with E-state index in [-0.39, 0.29) is 0 Å². The van der Waals surface area contributed by atoms with Gasteiger partial charge >= 0.3 is 0 Å². The summed E-state index contributed by atoms with van der Waals surface area (Å²) < 4.78 is 8.24. The minimum absolute atomic E-state index is 0.580. The highest BCUT2D eigenvalue weighted by Crippen LogP contribution is 2.30. The maximum absolute atomic E-state index is 6.47. The Morgan fingerprint density at radius 2 is 1.70 bits per heavy atom. The molecule has 0 aliphatic carbocycles. The van der Waals surface area contributed by atoms with Gasteiger partial charge in [-0.3, -0.25) is 0 Å². The molecule has 30 heavy (non-hydrogen) atoms. The molecule has 3 nitrogen and oxygen atoms in total. The fourth-order valence-corrected chi connectivity index (χ4v) is 3.91. The van der Waals surface area contributed by atoms with Crippen molar-refractivity contribution in [1.29, 1.82) is 0 Å². The highest BCUT2D eigenvalue weighted by atomic mass is 35.5. The Labute approximate surface area is 183 Å². The molecule has 154 valence electrons. The van der Waals surface area contributed by atoms with Crippen LogP contribution in [0, 0.1) is 0 Å². The summed E-state index contributed by atoms with van der Waals surface area (Å²) in [6.45, 7) is 5.93. The van der Waals surface area contributed by atoms with Crippen LogP contribution in [0.3, 0.4) is 0 Å². The fraction of sp³-hybridized carbons (Fsp3) is 0.269. The molecule has 4 heteroatoms. The first-order chi connectivity index (χ1) is 14.7. The Bertz CT molecular complexity index is 1120. The molecule has 0 saturated heterocycles. The molecule has 1 aromatic heterocycles. The third-order valence-corrected chi connectivity index (χ3v) is 5.96. The summed E-state index contributed by atoms with van der Waals surface area (Å²) in [5.41, 5.74) is 4.41. The van der Waals surface area contributed by atoms with Crippen LogP contribution in [0.4, 0.5) is 0 Å². The van der Waals surface area contributed by atoms with Crippen molar-refractivity contribution in [3.8, 4) is 17.1 Å². The molecular weight excluding hydrogens is 392 g/mol. The molecule has 0 saturated carbocycles. The van der Waals surface area contributed by atoms with Crippen molar-refractivity contribution in [1.82, 2.24) is 9.55 Å². The van der Waals surface area contributed by atoms with Crippen molar-refractivity contribution >= 4 is 22.6 Å². The first-order valence-corrected chi connectivity index (χ1v) is 11.0. The fourth-order valence-electron chi connectivity index (χ4n) is 3.69. The topological polar surface area (TPSA) is 27.1 Å². The summed E-state index contributed by atoms with van der Waals surface area (Å²) in [6, 6.07) is 24.6. The number of nitrogens with zero attached hydrogens (tertiary/aromatic N) is 2. The summed E-state index contributed by atoms with van der Waals surface area (Å²) in [7, 11) is 0. The van der Waals surface area contributed by atoms with Crippen molar-refractivity contribution in [3.63, 3.8) is 0 Å². The van der Waals surface area contributed by atoms with Crippen molar-refractivity contribution in [2.24, 2.45) is 0 Å². The van der Waals surface area contributed by atoms with Gasteiger partial charge in [0.25, 0.3) is 0 Å². The largest absolute Gasteiger partial charge is 0.494 e. The van der Waals surface area contributed by atoms with Gasteiger partial charge in [0.2, 0.25) is 0 Å². The molecule has 0 fully saturated rings. The molecule has 3 aromatic carbocycles. The average Bonchev–Trinajstić information content (AvgIpc) is 3.15. The number of halogens is 1. The maximum Gasteiger partial charge on any atom is 0.142 e. The van der Waals surface area contributed by atoms with E-state index in [1.54, 1.807) is 0 Å². The normalized spacial score (nSPS) is 12.2. The van der Waals surface area contributed by atoms with Crippen LogP contribution < -0.4 is 4.74 Å². The van der Waals surface area contributed by atoms with Gasteiger partial charge in [-0.25, -0.2) is 4.98 Å². The summed E-state index contributed by atoms with van der Waals surface area (Å²) in [5, 5.41) is 0.715. The number of imidazole rings is 1. The van der Waals surface area contributed by atoms with Crippen LogP contribution in [0.2, 0.25) is 5.02 Å². The van der Waals surface area contributed by atoms with Crippen LogP contribution in [0.25, 0.3) is 22.4 Å². The third-order valence-electron chi connectivity index (χ3n) is 5.63. The van der Waals surface area contributed by atoms with E-state index in [1.807, 2.05) is 42.5 Å². The van der Waals surface area contributed by atoms with E-state index < -0.39 is 0 Å². The lowest BCUT2D eigenvalue weighted by Crippen LogP contribution is -2.06. The van der Waals surface area contributed by atoms with Gasteiger partial charge in [-0.15, -0.1) is 0 Å². The van der Waals surface area contributed by atoms with Gasteiger partial charge < -0.3 is 9.30 Å². The predicted molar refractivity (Wildman–Crippen MR) is 125 cm³/mol. The molecule has 4 aromatic rings. The van der Waals surface area contributed by atoms with E-state index >= 15 is 0 Å². The van der Waals surface area contributed by atoms with Crippen molar-refractivity contribution < 1.29 is 4.74 Å². The smallest absolute Gasteiger partial charge is 0.142 e. The lowest BCUT2D eigenvalue weighted by molar-refractivity contribution is 0.302. The van der Waals surface area contributed by atoms with Crippen LogP contribution in [-0.4, -0.2) is 16.2 Å². The minimum atomic E-state index is 0.580. The Balaban J connectivity index is 1.48. The van der Waals surface area contributed by atoms with Crippen LogP contribution in [0.5, 0.6) is 5.75 Å². The molecule has 0 radical (unpaired) electrons. The minimum Gasteiger partial charge on any atom is -0.494 e. The summed E-state index contributed by atoms with van der Waals surface area (Å²) in [5.74, 6) is 2.40. The number of fused-ring (bicyclic) bond motifs is 1. The second-order valence-corrected chi connectivity index (χ2v) is 8.04. The lowest BCUT2D eigenvalue weighted by Gasteiger charge is -2.12. The Kier molecular flexibility index (Phi) is 6.39. The Morgan fingerprint density at radius 1 is 0.967 bits per heavy atom. The number of hydrogen-bond donors (Lipinski definition) is 0. The van der Waals surface area contributed by atoms with Gasteiger partial charge in [0, 0.05) is 12.1 Å². The second-order valence-electron chi connectivity index (χ2n) is 7.64. The SMILES string of the molecule is CCC(C)c1ccc(OCCCn2c(-c3ccccc3Cl)nc3ccccc32)cc1. The molecule has 0 bridgehead atoms. The average molecular weight is 419 g/mol. The number of aromatic nitrogens is 2. The maximum atomic E-state index is 6.47. The molecule has 1 heterocycles. The molecule has 4 rings (SSSR count). The Hall–Kier alpha value is -2.78. The van der Waals surface area contributed by atoms with Gasteiger partial charge in [0.05, 0.1) is 22.7 Å². The molecule has 0 N–H and O–H groups in total. The van der Waals surface area contributed by atoms with Gasteiger partial charge in [-0.2, -0.15) is 0 Å². The van der Waals surface area contributed by atoms with Gasteiger partial charge in [0.15, 0.2) is 0 Å². The van der Waals surface area contributed by atoms with E-state index in [0.29, 0.717) is 17.5 Å². The van der Waals surface area contributed by atoms with Gasteiger partial charge in [0.1, 0.15) is 11.6 Å². The second kappa shape index (κ2) is 9.36. The number of benzene rings is 3. The van der Waals surface area contributed by atoms with Crippen molar-refractivity contribution in [2.45, 2.75) is 39.2 Å². The first kappa shape index (κ1) is 20.5. The van der Waals surface area contributed by atoms with E-state index in [0.717, 1.165) is 47.6 Å². The van der Waals surface area contributed by atoms with E-state index in [1.165, 1.54) is 5.56 Å². The van der Waals surface area contributed by atoms with Crippen molar-refractivity contribution in [2.75, 3.05) is 6.61 Å². The zero-order valence-electron chi connectivity index (χ0n) is 17.5. The molecule has 0 aliphatic heterocycles.